The van der Waals surface area contributed by atoms with Gasteiger partial charge in [0, 0.05) is 5.56 Å². The number of nitrogens with one attached hydrogen (secondary N) is 1. The van der Waals surface area contributed by atoms with Crippen molar-refractivity contribution in [3.05, 3.63) is 64.2 Å². The molecular formula is C16H14ClF2NO3. The molecule has 1 amide bonds. The number of aliphatic hydroxyl groups excluding tert-OH is 1. The molecule has 0 spiro atoms. The molecule has 0 aromatic heterocycles. The Labute approximate surface area is 136 Å². The van der Waals surface area contributed by atoms with Crippen molar-refractivity contribution in [2.24, 2.45) is 0 Å². The topological polar surface area (TPSA) is 58.6 Å². The van der Waals surface area contributed by atoms with E-state index < -0.39 is 30.2 Å². The van der Waals surface area contributed by atoms with E-state index in [1.807, 2.05) is 0 Å². The van der Waals surface area contributed by atoms with Crippen LogP contribution in [0, 0.1) is 11.6 Å². The number of carbonyl (C=O) groups excluding carboxylic acids is 1. The Morgan fingerprint density at radius 3 is 2.57 bits per heavy atom. The molecule has 0 saturated heterocycles. The maximum atomic E-state index is 13.6. The summed E-state index contributed by atoms with van der Waals surface area (Å²) in [5, 5.41) is 11.9. The molecule has 7 heteroatoms. The van der Waals surface area contributed by atoms with Gasteiger partial charge in [-0.2, -0.15) is 0 Å². The average Bonchev–Trinajstić information content (AvgIpc) is 2.55. The van der Waals surface area contributed by atoms with Gasteiger partial charge in [0.25, 0.3) is 5.91 Å². The predicted molar refractivity (Wildman–Crippen MR) is 81.7 cm³/mol. The minimum Gasteiger partial charge on any atom is -0.494 e. The molecule has 4 nitrogen and oxygen atoms in total. The molecule has 0 aliphatic rings. The maximum absolute atomic E-state index is 13.6. The zero-order chi connectivity index (χ0) is 17.0. The van der Waals surface area contributed by atoms with Crippen molar-refractivity contribution in [3.63, 3.8) is 0 Å². The lowest BCUT2D eigenvalue weighted by molar-refractivity contribution is 0.0915. The highest BCUT2D eigenvalue weighted by Gasteiger charge is 2.17. The summed E-state index contributed by atoms with van der Waals surface area (Å²) in [5.74, 6) is -1.94. The van der Waals surface area contributed by atoms with Crippen LogP contribution >= 0.6 is 11.6 Å². The average molecular weight is 342 g/mol. The summed E-state index contributed by atoms with van der Waals surface area (Å²) in [6.45, 7) is -0.453. The number of halogens is 3. The molecule has 2 aromatic rings. The molecule has 2 N–H and O–H groups in total. The summed E-state index contributed by atoms with van der Waals surface area (Å²) in [5.41, 5.74) is 0.396. The van der Waals surface area contributed by atoms with Gasteiger partial charge in [-0.3, -0.25) is 4.79 Å². The Balaban J connectivity index is 2.19. The fourth-order valence-electron chi connectivity index (χ4n) is 2.01. The molecule has 2 aromatic carbocycles. The number of benzene rings is 2. The maximum Gasteiger partial charge on any atom is 0.251 e. The van der Waals surface area contributed by atoms with E-state index >= 15 is 0 Å². The van der Waals surface area contributed by atoms with Crippen molar-refractivity contribution in [1.29, 1.82) is 0 Å². The van der Waals surface area contributed by atoms with Gasteiger partial charge in [-0.15, -0.1) is 0 Å². The van der Waals surface area contributed by atoms with Gasteiger partial charge in [0.1, 0.15) is 5.82 Å². The number of ether oxygens (including phenoxy) is 1. The van der Waals surface area contributed by atoms with E-state index in [-0.39, 0.29) is 16.3 Å². The van der Waals surface area contributed by atoms with Gasteiger partial charge in [-0.25, -0.2) is 8.78 Å². The largest absolute Gasteiger partial charge is 0.494 e. The van der Waals surface area contributed by atoms with Crippen molar-refractivity contribution in [3.8, 4) is 5.75 Å². The van der Waals surface area contributed by atoms with Crippen LogP contribution < -0.4 is 10.1 Å². The number of hydrogen-bond acceptors (Lipinski definition) is 3. The predicted octanol–water partition coefficient (Wildman–Crippen LogP) is 3.09. The molecule has 23 heavy (non-hydrogen) atoms. The molecule has 0 radical (unpaired) electrons. The molecule has 1 unspecified atom stereocenters. The molecule has 0 aliphatic heterocycles. The van der Waals surface area contributed by atoms with E-state index in [2.05, 4.69) is 5.32 Å². The third kappa shape index (κ3) is 3.97. The first-order valence-corrected chi connectivity index (χ1v) is 7.04. The van der Waals surface area contributed by atoms with Crippen LogP contribution in [0.2, 0.25) is 5.02 Å². The molecule has 1 atom stereocenters. The first kappa shape index (κ1) is 17.2. The highest BCUT2D eigenvalue weighted by Crippen LogP contribution is 2.21. The minimum absolute atomic E-state index is 0.0139. The summed E-state index contributed by atoms with van der Waals surface area (Å²) in [7, 11) is 1.31. The van der Waals surface area contributed by atoms with Gasteiger partial charge in [-0.05, 0) is 35.9 Å². The van der Waals surface area contributed by atoms with Crippen molar-refractivity contribution in [2.75, 3.05) is 13.7 Å². The number of aliphatic hydroxyl groups is 1. The summed E-state index contributed by atoms with van der Waals surface area (Å²) < 4.78 is 31.9. The number of amides is 1. The fraction of sp³-hybridized carbons (Fsp3) is 0.188. The van der Waals surface area contributed by atoms with Crippen LogP contribution in [0.1, 0.15) is 22.0 Å². The number of methoxy groups -OCH3 is 1. The summed E-state index contributed by atoms with van der Waals surface area (Å²) in [4.78, 5) is 12.1. The van der Waals surface area contributed by atoms with Gasteiger partial charge in [0.2, 0.25) is 0 Å². The Kier molecular flexibility index (Phi) is 5.52. The van der Waals surface area contributed by atoms with E-state index in [0.717, 1.165) is 12.1 Å². The van der Waals surface area contributed by atoms with Gasteiger partial charge < -0.3 is 15.2 Å². The summed E-state index contributed by atoms with van der Waals surface area (Å²) in [6.07, 6.45) is 0. The van der Waals surface area contributed by atoms with Crippen LogP contribution in [0.5, 0.6) is 5.75 Å². The highest BCUT2D eigenvalue weighted by atomic mass is 35.5. The molecule has 0 saturated carbocycles. The lowest BCUT2D eigenvalue weighted by Gasteiger charge is -2.17. The van der Waals surface area contributed by atoms with Crippen LogP contribution in [-0.2, 0) is 0 Å². The molecule has 122 valence electrons. The first-order valence-electron chi connectivity index (χ1n) is 6.66. The van der Waals surface area contributed by atoms with Gasteiger partial charge >= 0.3 is 0 Å². The SMILES string of the molecule is COc1ccc(C(=O)NC(CO)c2ccc(Cl)c(F)c2)cc1F. The standard InChI is InChI=1S/C16H14ClF2NO3/c1-23-15-5-3-10(7-13(15)19)16(22)20-14(8-21)9-2-4-11(17)12(18)6-9/h2-7,14,21H,8H2,1H3,(H,20,22). The van der Waals surface area contributed by atoms with Crippen molar-refractivity contribution < 1.29 is 23.4 Å². The zero-order valence-electron chi connectivity index (χ0n) is 12.1. The second-order valence-electron chi connectivity index (χ2n) is 4.73. The van der Waals surface area contributed by atoms with Crippen molar-refractivity contribution >= 4 is 17.5 Å². The number of hydrogen-bond donors (Lipinski definition) is 2. The quantitative estimate of drug-likeness (QED) is 0.878. The van der Waals surface area contributed by atoms with E-state index in [0.29, 0.717) is 5.56 Å². The van der Waals surface area contributed by atoms with Gasteiger partial charge in [0.15, 0.2) is 11.6 Å². The van der Waals surface area contributed by atoms with Crippen LogP contribution in [-0.4, -0.2) is 24.7 Å². The highest BCUT2D eigenvalue weighted by molar-refractivity contribution is 6.30. The lowest BCUT2D eigenvalue weighted by atomic mass is 10.1. The van der Waals surface area contributed by atoms with Crippen LogP contribution in [0.4, 0.5) is 8.78 Å². The van der Waals surface area contributed by atoms with E-state index in [9.17, 15) is 18.7 Å². The summed E-state index contributed by atoms with van der Waals surface area (Å²) in [6, 6.07) is 6.81. The van der Waals surface area contributed by atoms with E-state index in [1.54, 1.807) is 0 Å². The zero-order valence-corrected chi connectivity index (χ0v) is 12.9. The second kappa shape index (κ2) is 7.39. The number of rotatable bonds is 5. The third-order valence-corrected chi connectivity index (χ3v) is 3.55. The Morgan fingerprint density at radius 1 is 1.26 bits per heavy atom. The Bertz CT molecular complexity index is 724. The minimum atomic E-state index is -0.848. The summed E-state index contributed by atoms with van der Waals surface area (Å²) >= 11 is 5.60. The first-order chi connectivity index (χ1) is 11.0. The second-order valence-corrected chi connectivity index (χ2v) is 5.14. The van der Waals surface area contributed by atoms with Crippen molar-refractivity contribution in [2.45, 2.75) is 6.04 Å². The molecule has 0 bridgehead atoms. The lowest BCUT2D eigenvalue weighted by Crippen LogP contribution is -2.31. The molecular weight excluding hydrogens is 328 g/mol. The Morgan fingerprint density at radius 2 is 2.00 bits per heavy atom. The Hall–Kier alpha value is -2.18. The fourth-order valence-corrected chi connectivity index (χ4v) is 2.13. The third-order valence-electron chi connectivity index (χ3n) is 3.25. The van der Waals surface area contributed by atoms with E-state index in [4.69, 9.17) is 16.3 Å². The van der Waals surface area contributed by atoms with Gasteiger partial charge in [-0.1, -0.05) is 17.7 Å². The molecule has 0 fully saturated rings. The van der Waals surface area contributed by atoms with Crippen LogP contribution in [0.15, 0.2) is 36.4 Å². The molecule has 2 rings (SSSR count). The van der Waals surface area contributed by atoms with Crippen LogP contribution in [0.25, 0.3) is 0 Å². The number of carbonyl (C=O) groups is 1. The molecule has 0 aliphatic carbocycles. The normalized spacial score (nSPS) is 11.9. The van der Waals surface area contributed by atoms with Crippen molar-refractivity contribution in [1.82, 2.24) is 5.32 Å². The monoisotopic (exact) mass is 341 g/mol. The van der Waals surface area contributed by atoms with E-state index in [1.165, 1.54) is 31.4 Å². The molecule has 0 heterocycles. The smallest absolute Gasteiger partial charge is 0.251 e. The van der Waals surface area contributed by atoms with Gasteiger partial charge in [0.05, 0.1) is 24.8 Å². The van der Waals surface area contributed by atoms with Crippen LogP contribution in [0.3, 0.4) is 0 Å².